The summed E-state index contributed by atoms with van der Waals surface area (Å²) < 4.78 is 56.5. The minimum absolute atomic E-state index is 0.00483. The molecule has 2 amide bonds. The van der Waals surface area contributed by atoms with E-state index in [4.69, 9.17) is 18.9 Å². The van der Waals surface area contributed by atoms with Crippen molar-refractivity contribution in [1.29, 1.82) is 0 Å². The summed E-state index contributed by atoms with van der Waals surface area (Å²) in [6.07, 6.45) is -7.99. The molecule has 8 N–H and O–H groups in total. The predicted octanol–water partition coefficient (Wildman–Crippen LogP) is 2.65. The van der Waals surface area contributed by atoms with Gasteiger partial charge in [0.05, 0.1) is 57.1 Å². The van der Waals surface area contributed by atoms with Crippen LogP contribution in [0.15, 0.2) is 106 Å². The molecular formula is C44H54BrN9O13S. The molecule has 7 atom stereocenters. The molecule has 0 spiro atoms. The molecule has 2 heterocycles. The number of fused-ring (bicyclic) bond motifs is 1. The standard InChI is InChI=1S/C44H54BrN9O13S/c1-44(45,42(60)47-19-18-46-34-8-4-7-33-32(34)6-5-9-36(33)68(61,62)63)43(67-41-39(58)38(57)37(56)35(26-55)66-41)65-23-22-64-21-20-54-25-30(51-52-54)24-48-40(59)27-10-12-28(13-11-27)49-50-29-14-16-31(17-15-29)53(2)3/h4-17,25,35,37-39,41,43,46,55-58H,18-24,26H2,1-3H3,(H,47,60)(H,48,59)(H,61,62,63)/t35-,37+,38+,39-,41+,43?,44?/m1/s1. The first-order valence-corrected chi connectivity index (χ1v) is 23.5. The number of anilines is 2. The monoisotopic (exact) mass is 1030 g/mol. The number of nitrogens with zero attached hydrogens (tertiary/aromatic N) is 6. The van der Waals surface area contributed by atoms with E-state index in [-0.39, 0.29) is 56.8 Å². The zero-order valence-electron chi connectivity index (χ0n) is 37.3. The van der Waals surface area contributed by atoms with Crippen molar-refractivity contribution in [3.05, 3.63) is 102 Å². The molecular weight excluding hydrogens is 975 g/mol. The first-order valence-electron chi connectivity index (χ1n) is 21.3. The van der Waals surface area contributed by atoms with Crippen LogP contribution >= 0.6 is 15.9 Å². The van der Waals surface area contributed by atoms with E-state index in [0.717, 1.165) is 5.69 Å². The van der Waals surface area contributed by atoms with Crippen molar-refractivity contribution >= 4 is 71.4 Å². The average molecular weight is 1030 g/mol. The molecule has 1 aliphatic heterocycles. The van der Waals surface area contributed by atoms with Crippen LogP contribution in [-0.2, 0) is 46.9 Å². The lowest BCUT2D eigenvalue weighted by Crippen LogP contribution is -2.61. The third kappa shape index (κ3) is 13.6. The van der Waals surface area contributed by atoms with Crippen LogP contribution in [0.2, 0.25) is 0 Å². The van der Waals surface area contributed by atoms with Crippen molar-refractivity contribution in [3.63, 3.8) is 0 Å². The average Bonchev–Trinajstić information content (AvgIpc) is 3.79. The smallest absolute Gasteiger partial charge is 0.295 e. The number of carbonyl (C=O) groups excluding carboxylic acids is 2. The molecule has 366 valence electrons. The maximum atomic E-state index is 13.6. The summed E-state index contributed by atoms with van der Waals surface area (Å²) in [5.74, 6) is -0.940. The van der Waals surface area contributed by atoms with Gasteiger partial charge in [-0.2, -0.15) is 18.6 Å². The van der Waals surface area contributed by atoms with Gasteiger partial charge in [0.25, 0.3) is 16.0 Å². The lowest BCUT2D eigenvalue weighted by Gasteiger charge is -2.42. The summed E-state index contributed by atoms with van der Waals surface area (Å²) in [5, 5.41) is 67.3. The highest BCUT2D eigenvalue weighted by Gasteiger charge is 2.49. The SMILES string of the molecule is CN(C)c1ccc(N=Nc2ccc(C(=O)NCc3cn(CCOCCOC(O[C@@H]4O[C@H](CO)[C@H](O)[C@H](O)[C@H]4O)C(C)(Br)C(=O)NCCNc4cccc5c(S(=O)(=O)O)cccc45)nn3)cc2)cc1. The van der Waals surface area contributed by atoms with Crippen LogP contribution in [0.1, 0.15) is 23.0 Å². The third-order valence-electron chi connectivity index (χ3n) is 10.6. The Morgan fingerprint density at radius 3 is 2.25 bits per heavy atom. The number of alkyl halides is 1. The van der Waals surface area contributed by atoms with Gasteiger partial charge in [-0.15, -0.1) is 5.10 Å². The van der Waals surface area contributed by atoms with Crippen molar-refractivity contribution in [2.75, 3.05) is 63.8 Å². The van der Waals surface area contributed by atoms with E-state index in [2.05, 4.69) is 52.4 Å². The van der Waals surface area contributed by atoms with Gasteiger partial charge in [-0.25, -0.2) is 4.68 Å². The Kier molecular flexibility index (Phi) is 18.1. The number of aromatic nitrogens is 3. The summed E-state index contributed by atoms with van der Waals surface area (Å²) >= 11 is 3.39. The largest absolute Gasteiger partial charge is 0.394 e. The van der Waals surface area contributed by atoms with E-state index in [1.165, 1.54) is 23.7 Å². The zero-order chi connectivity index (χ0) is 49.0. The molecule has 5 aromatic rings. The molecule has 1 saturated heterocycles. The van der Waals surface area contributed by atoms with Gasteiger partial charge >= 0.3 is 0 Å². The molecule has 1 aliphatic rings. The van der Waals surface area contributed by atoms with Gasteiger partial charge < -0.3 is 60.2 Å². The Labute approximate surface area is 400 Å². The molecule has 1 aromatic heterocycles. The van der Waals surface area contributed by atoms with Crippen LogP contribution in [0, 0.1) is 0 Å². The van der Waals surface area contributed by atoms with Gasteiger partial charge in [-0.3, -0.25) is 14.1 Å². The second kappa shape index (κ2) is 23.7. The first kappa shape index (κ1) is 51.9. The third-order valence-corrected chi connectivity index (χ3v) is 12.3. The number of aliphatic hydroxyl groups excluding tert-OH is 4. The molecule has 24 heteroatoms. The van der Waals surface area contributed by atoms with E-state index in [1.807, 2.05) is 43.3 Å². The van der Waals surface area contributed by atoms with E-state index in [1.54, 1.807) is 54.7 Å². The molecule has 0 aliphatic carbocycles. The Morgan fingerprint density at radius 2 is 1.57 bits per heavy atom. The minimum atomic E-state index is -4.48. The van der Waals surface area contributed by atoms with Gasteiger partial charge in [0, 0.05) is 54.9 Å². The number of azo groups is 1. The summed E-state index contributed by atoms with van der Waals surface area (Å²) in [4.78, 5) is 28.2. The fourth-order valence-corrected chi connectivity index (χ4v) is 7.91. The van der Waals surface area contributed by atoms with Crippen LogP contribution in [0.4, 0.5) is 22.7 Å². The minimum Gasteiger partial charge on any atom is -0.394 e. The molecule has 4 aromatic carbocycles. The number of carbonyl (C=O) groups is 2. The molecule has 0 saturated carbocycles. The number of amides is 2. The Morgan fingerprint density at radius 1 is 0.897 bits per heavy atom. The Bertz CT molecular complexity index is 2600. The molecule has 0 bridgehead atoms. The molecule has 22 nitrogen and oxygen atoms in total. The number of benzene rings is 4. The lowest BCUT2D eigenvalue weighted by molar-refractivity contribution is -0.339. The highest BCUT2D eigenvalue weighted by Crippen LogP contribution is 2.32. The lowest BCUT2D eigenvalue weighted by atomic mass is 9.99. The quantitative estimate of drug-likeness (QED) is 0.0153. The van der Waals surface area contributed by atoms with Gasteiger partial charge in [0.15, 0.2) is 16.9 Å². The Balaban J connectivity index is 0.968. The molecule has 1 fully saturated rings. The van der Waals surface area contributed by atoms with E-state index in [9.17, 15) is 43.0 Å². The van der Waals surface area contributed by atoms with Crippen molar-refractivity contribution < 1.29 is 61.9 Å². The van der Waals surface area contributed by atoms with Gasteiger partial charge in [-0.1, -0.05) is 45.4 Å². The van der Waals surface area contributed by atoms with E-state index >= 15 is 0 Å². The second-order valence-corrected chi connectivity index (χ2v) is 18.9. The summed E-state index contributed by atoms with van der Waals surface area (Å²) in [6, 6.07) is 23.7. The highest BCUT2D eigenvalue weighted by molar-refractivity contribution is 9.10. The fourth-order valence-electron chi connectivity index (χ4n) is 6.83. The van der Waals surface area contributed by atoms with Crippen LogP contribution in [0.5, 0.6) is 0 Å². The predicted molar refractivity (Wildman–Crippen MR) is 251 cm³/mol. The number of aliphatic hydroxyl groups is 4. The topological polar surface area (TPSA) is 301 Å². The normalized spacial score (nSPS) is 19.9. The molecule has 0 radical (unpaired) electrons. The van der Waals surface area contributed by atoms with Crippen LogP contribution in [0.25, 0.3) is 10.8 Å². The number of hydrogen-bond acceptors (Lipinski definition) is 18. The second-order valence-electron chi connectivity index (χ2n) is 15.9. The number of hydrogen-bond donors (Lipinski definition) is 8. The number of ether oxygens (including phenoxy) is 4. The van der Waals surface area contributed by atoms with Gasteiger partial charge in [-0.05, 0) is 67.6 Å². The highest BCUT2D eigenvalue weighted by atomic mass is 79.9. The van der Waals surface area contributed by atoms with Crippen LogP contribution in [-0.4, -0.2) is 155 Å². The van der Waals surface area contributed by atoms with Gasteiger partial charge in [0.1, 0.15) is 35.0 Å². The molecule has 68 heavy (non-hydrogen) atoms. The fraction of sp³-hybridized carbons (Fsp3) is 0.409. The van der Waals surface area contributed by atoms with Crippen LogP contribution in [0.3, 0.4) is 0 Å². The molecule has 6 rings (SSSR count). The number of halogens is 1. The zero-order valence-corrected chi connectivity index (χ0v) is 39.7. The van der Waals surface area contributed by atoms with Crippen LogP contribution < -0.4 is 20.9 Å². The van der Waals surface area contributed by atoms with Crippen molar-refractivity contribution in [2.24, 2.45) is 10.2 Å². The van der Waals surface area contributed by atoms with Crippen molar-refractivity contribution in [3.8, 4) is 0 Å². The maximum Gasteiger partial charge on any atom is 0.295 e. The van der Waals surface area contributed by atoms with Gasteiger partial charge in [0.2, 0.25) is 5.91 Å². The Hall–Kier alpha value is -5.51. The summed E-state index contributed by atoms with van der Waals surface area (Å²) in [5.41, 5.74) is 3.82. The van der Waals surface area contributed by atoms with E-state index < -0.39 is 64.0 Å². The van der Waals surface area contributed by atoms with Crippen molar-refractivity contribution in [2.45, 2.75) is 66.2 Å². The van der Waals surface area contributed by atoms with E-state index in [0.29, 0.717) is 39.1 Å². The first-order chi connectivity index (χ1) is 32.5. The molecule has 2 unspecified atom stereocenters. The number of nitrogens with one attached hydrogen (secondary N) is 3. The number of rotatable bonds is 23. The maximum absolute atomic E-state index is 13.6. The summed E-state index contributed by atoms with van der Waals surface area (Å²) in [6.45, 7) is 1.37. The summed E-state index contributed by atoms with van der Waals surface area (Å²) in [7, 11) is -0.567. The van der Waals surface area contributed by atoms with Crippen molar-refractivity contribution in [1.82, 2.24) is 25.6 Å².